The van der Waals surface area contributed by atoms with Crippen LogP contribution >= 0.6 is 0 Å². The summed E-state index contributed by atoms with van der Waals surface area (Å²) in [7, 11) is 1.90. The highest BCUT2D eigenvalue weighted by molar-refractivity contribution is 4.90. The molecule has 0 saturated carbocycles. The normalized spacial score (nSPS) is 11.0. The van der Waals surface area contributed by atoms with Crippen LogP contribution in [0.4, 0.5) is 0 Å². The van der Waals surface area contributed by atoms with E-state index in [-0.39, 0.29) is 0 Å². The first-order valence-corrected chi connectivity index (χ1v) is 6.98. The van der Waals surface area contributed by atoms with E-state index in [1.807, 2.05) is 17.9 Å². The number of ether oxygens (including phenoxy) is 1. The molecule has 0 atom stereocenters. The van der Waals surface area contributed by atoms with Crippen molar-refractivity contribution < 1.29 is 4.74 Å². The Morgan fingerprint density at radius 3 is 2.83 bits per heavy atom. The minimum atomic E-state index is 0.718. The summed E-state index contributed by atoms with van der Waals surface area (Å²) in [4.78, 5) is 0. The van der Waals surface area contributed by atoms with E-state index in [2.05, 4.69) is 22.6 Å². The van der Waals surface area contributed by atoms with E-state index in [0.29, 0.717) is 0 Å². The number of hydrogen-bond donors (Lipinski definition) is 1. The van der Waals surface area contributed by atoms with Crippen molar-refractivity contribution in [2.45, 2.75) is 52.1 Å². The Bertz CT molecular complexity index is 301. The highest BCUT2D eigenvalue weighted by Gasteiger charge is 1.99. The van der Waals surface area contributed by atoms with Crippen molar-refractivity contribution in [2.24, 2.45) is 0 Å². The molecule has 0 aliphatic heterocycles. The standard InChI is InChI=1S/C13H26N4O/c1-3-4-5-6-7-9-18-10-8-17-12-13(11-14-2)15-16-17/h12,14H,3-11H2,1-2H3. The third-order valence-electron chi connectivity index (χ3n) is 2.80. The van der Waals surface area contributed by atoms with Crippen molar-refractivity contribution in [1.29, 1.82) is 0 Å². The summed E-state index contributed by atoms with van der Waals surface area (Å²) in [5.74, 6) is 0. The second-order valence-electron chi connectivity index (χ2n) is 4.53. The minimum Gasteiger partial charge on any atom is -0.380 e. The molecular formula is C13H26N4O. The Kier molecular flexibility index (Phi) is 8.42. The van der Waals surface area contributed by atoms with Crippen LogP contribution in [0.25, 0.3) is 0 Å². The van der Waals surface area contributed by atoms with Crippen LogP contribution < -0.4 is 5.32 Å². The molecule has 0 aromatic carbocycles. The fraction of sp³-hybridized carbons (Fsp3) is 0.846. The molecule has 0 spiro atoms. The van der Waals surface area contributed by atoms with Gasteiger partial charge in [0.2, 0.25) is 0 Å². The molecular weight excluding hydrogens is 228 g/mol. The molecule has 18 heavy (non-hydrogen) atoms. The van der Waals surface area contributed by atoms with Crippen LogP contribution in [0.2, 0.25) is 0 Å². The smallest absolute Gasteiger partial charge is 0.0964 e. The second-order valence-corrected chi connectivity index (χ2v) is 4.53. The Morgan fingerprint density at radius 2 is 2.06 bits per heavy atom. The van der Waals surface area contributed by atoms with Crippen LogP contribution in [-0.4, -0.2) is 35.3 Å². The molecule has 0 fully saturated rings. The van der Waals surface area contributed by atoms with Gasteiger partial charge in [0, 0.05) is 19.3 Å². The number of nitrogens with one attached hydrogen (secondary N) is 1. The number of aromatic nitrogens is 3. The van der Waals surface area contributed by atoms with Crippen LogP contribution in [0.15, 0.2) is 6.20 Å². The molecule has 1 heterocycles. The molecule has 0 unspecified atom stereocenters. The fourth-order valence-corrected chi connectivity index (χ4v) is 1.78. The van der Waals surface area contributed by atoms with Gasteiger partial charge in [-0.1, -0.05) is 37.8 Å². The van der Waals surface area contributed by atoms with E-state index in [1.165, 1.54) is 32.1 Å². The zero-order chi connectivity index (χ0) is 13.1. The molecule has 1 N–H and O–H groups in total. The monoisotopic (exact) mass is 254 g/mol. The van der Waals surface area contributed by atoms with Gasteiger partial charge in [-0.2, -0.15) is 0 Å². The topological polar surface area (TPSA) is 52.0 Å². The van der Waals surface area contributed by atoms with Crippen LogP contribution in [0.3, 0.4) is 0 Å². The lowest BCUT2D eigenvalue weighted by atomic mass is 10.2. The molecule has 0 bridgehead atoms. The predicted octanol–water partition coefficient (Wildman–Crippen LogP) is 1.98. The number of nitrogens with zero attached hydrogens (tertiary/aromatic N) is 3. The average Bonchev–Trinajstić information content (AvgIpc) is 2.81. The Hall–Kier alpha value is -0.940. The maximum absolute atomic E-state index is 5.58. The van der Waals surface area contributed by atoms with E-state index in [4.69, 9.17) is 4.74 Å². The quantitative estimate of drug-likeness (QED) is 0.614. The molecule has 1 aromatic heterocycles. The summed E-state index contributed by atoms with van der Waals surface area (Å²) in [5, 5.41) is 11.1. The third kappa shape index (κ3) is 6.71. The summed E-state index contributed by atoms with van der Waals surface area (Å²) in [6.07, 6.45) is 8.37. The highest BCUT2D eigenvalue weighted by Crippen LogP contribution is 2.02. The molecule has 5 nitrogen and oxygen atoms in total. The van der Waals surface area contributed by atoms with Gasteiger partial charge in [-0.05, 0) is 13.5 Å². The van der Waals surface area contributed by atoms with Crippen molar-refractivity contribution in [3.05, 3.63) is 11.9 Å². The van der Waals surface area contributed by atoms with Crippen molar-refractivity contribution in [1.82, 2.24) is 20.3 Å². The molecule has 1 rings (SSSR count). The van der Waals surface area contributed by atoms with E-state index in [9.17, 15) is 0 Å². The highest BCUT2D eigenvalue weighted by atomic mass is 16.5. The first-order chi connectivity index (χ1) is 8.86. The molecule has 0 aliphatic carbocycles. The van der Waals surface area contributed by atoms with Crippen LogP contribution in [0, 0.1) is 0 Å². The lowest BCUT2D eigenvalue weighted by Crippen LogP contribution is -2.07. The molecule has 1 aromatic rings. The number of rotatable bonds is 11. The summed E-state index contributed by atoms with van der Waals surface area (Å²) in [6, 6.07) is 0. The minimum absolute atomic E-state index is 0.718. The molecule has 0 amide bonds. The lowest BCUT2D eigenvalue weighted by molar-refractivity contribution is 0.119. The van der Waals surface area contributed by atoms with Crippen molar-refractivity contribution in [2.75, 3.05) is 20.3 Å². The Balaban J connectivity index is 1.96. The van der Waals surface area contributed by atoms with Crippen LogP contribution in [0.5, 0.6) is 0 Å². The van der Waals surface area contributed by atoms with E-state index >= 15 is 0 Å². The van der Waals surface area contributed by atoms with Gasteiger partial charge in [-0.15, -0.1) is 5.10 Å². The molecule has 0 saturated heterocycles. The van der Waals surface area contributed by atoms with E-state index < -0.39 is 0 Å². The first-order valence-electron chi connectivity index (χ1n) is 6.98. The molecule has 5 heteroatoms. The van der Waals surface area contributed by atoms with Gasteiger partial charge < -0.3 is 10.1 Å². The lowest BCUT2D eigenvalue weighted by Gasteiger charge is -2.03. The second kappa shape index (κ2) is 10.0. The Morgan fingerprint density at radius 1 is 1.22 bits per heavy atom. The fourth-order valence-electron chi connectivity index (χ4n) is 1.78. The molecule has 104 valence electrons. The van der Waals surface area contributed by atoms with Gasteiger partial charge in [-0.3, -0.25) is 0 Å². The van der Waals surface area contributed by atoms with Gasteiger partial charge >= 0.3 is 0 Å². The zero-order valence-electron chi connectivity index (χ0n) is 11.7. The average molecular weight is 254 g/mol. The third-order valence-corrected chi connectivity index (χ3v) is 2.80. The van der Waals surface area contributed by atoms with Crippen LogP contribution in [0.1, 0.15) is 44.7 Å². The molecule has 0 aliphatic rings. The maximum Gasteiger partial charge on any atom is 0.0964 e. The number of unbranched alkanes of at least 4 members (excludes halogenated alkanes) is 4. The van der Waals surface area contributed by atoms with Gasteiger partial charge in [-0.25, -0.2) is 4.68 Å². The maximum atomic E-state index is 5.58. The van der Waals surface area contributed by atoms with Gasteiger partial charge in [0.25, 0.3) is 0 Å². The first kappa shape index (κ1) is 15.1. The summed E-state index contributed by atoms with van der Waals surface area (Å²) in [6.45, 7) is 5.36. The predicted molar refractivity (Wildman–Crippen MR) is 72.4 cm³/mol. The van der Waals surface area contributed by atoms with Crippen molar-refractivity contribution in [3.63, 3.8) is 0 Å². The summed E-state index contributed by atoms with van der Waals surface area (Å²) < 4.78 is 7.42. The number of hydrogen-bond acceptors (Lipinski definition) is 4. The Labute approximate surface area is 110 Å². The van der Waals surface area contributed by atoms with Crippen molar-refractivity contribution >= 4 is 0 Å². The largest absolute Gasteiger partial charge is 0.380 e. The van der Waals surface area contributed by atoms with E-state index in [0.717, 1.165) is 32.0 Å². The van der Waals surface area contributed by atoms with Crippen molar-refractivity contribution in [3.8, 4) is 0 Å². The van der Waals surface area contributed by atoms with Gasteiger partial charge in [0.1, 0.15) is 0 Å². The van der Waals surface area contributed by atoms with E-state index in [1.54, 1.807) is 0 Å². The summed E-state index contributed by atoms with van der Waals surface area (Å²) >= 11 is 0. The van der Waals surface area contributed by atoms with Gasteiger partial charge in [0.15, 0.2) is 0 Å². The van der Waals surface area contributed by atoms with Gasteiger partial charge in [0.05, 0.1) is 18.8 Å². The SMILES string of the molecule is CCCCCCCOCCn1cc(CNC)nn1. The zero-order valence-corrected chi connectivity index (χ0v) is 11.7. The van der Waals surface area contributed by atoms with Crippen LogP contribution in [-0.2, 0) is 17.8 Å². The molecule has 0 radical (unpaired) electrons. The summed E-state index contributed by atoms with van der Waals surface area (Å²) in [5.41, 5.74) is 0.970.